The van der Waals surface area contributed by atoms with Crippen LogP contribution < -0.4 is 4.90 Å². The number of hydrogen-bond donors (Lipinski definition) is 0. The van der Waals surface area contributed by atoms with E-state index in [9.17, 15) is 18.0 Å². The van der Waals surface area contributed by atoms with Gasteiger partial charge in [-0.05, 0) is 49.7 Å². The maximum Gasteiger partial charge on any atom is 0.258 e. The van der Waals surface area contributed by atoms with E-state index in [0.717, 1.165) is 16.8 Å². The van der Waals surface area contributed by atoms with Crippen molar-refractivity contribution in [3.8, 4) is 0 Å². The largest absolute Gasteiger partial charge is 0.340 e. The molecule has 160 valence electrons. The lowest BCUT2D eigenvalue weighted by atomic mass is 10.1. The monoisotopic (exact) mass is 429 g/mol. The van der Waals surface area contributed by atoms with Crippen LogP contribution in [0.1, 0.15) is 28.4 Å². The predicted molar refractivity (Wildman–Crippen MR) is 116 cm³/mol. The zero-order valence-corrected chi connectivity index (χ0v) is 18.6. The van der Waals surface area contributed by atoms with Gasteiger partial charge >= 0.3 is 0 Å². The molecule has 0 aromatic heterocycles. The van der Waals surface area contributed by atoms with Crippen LogP contribution in [-0.4, -0.2) is 62.7 Å². The van der Waals surface area contributed by atoms with Crippen LogP contribution in [0.4, 0.5) is 5.69 Å². The molecule has 2 amide bonds. The third kappa shape index (κ3) is 4.39. The van der Waals surface area contributed by atoms with E-state index in [1.807, 2.05) is 32.0 Å². The fourth-order valence-corrected chi connectivity index (χ4v) is 5.07. The second kappa shape index (κ2) is 8.57. The summed E-state index contributed by atoms with van der Waals surface area (Å²) in [5.41, 5.74) is 3.34. The molecule has 1 aliphatic heterocycles. The number of piperazine rings is 1. The lowest BCUT2D eigenvalue weighted by molar-refractivity contribution is -0.129. The molecule has 1 aliphatic rings. The summed E-state index contributed by atoms with van der Waals surface area (Å²) in [5.74, 6) is -0.260. The minimum atomic E-state index is -3.67. The Kier molecular flexibility index (Phi) is 6.28. The number of benzene rings is 2. The molecule has 0 radical (unpaired) electrons. The normalized spacial score (nSPS) is 15.1. The van der Waals surface area contributed by atoms with Crippen molar-refractivity contribution >= 4 is 27.5 Å². The lowest BCUT2D eigenvalue weighted by Crippen LogP contribution is -2.49. The Bertz CT molecular complexity index is 1060. The minimum Gasteiger partial charge on any atom is -0.340 e. The van der Waals surface area contributed by atoms with Gasteiger partial charge in [-0.3, -0.25) is 9.59 Å². The van der Waals surface area contributed by atoms with E-state index in [1.165, 1.54) is 23.4 Å². The highest BCUT2D eigenvalue weighted by atomic mass is 32.2. The first-order chi connectivity index (χ1) is 14.1. The molecule has 1 heterocycles. The van der Waals surface area contributed by atoms with Gasteiger partial charge < -0.3 is 9.80 Å². The number of anilines is 1. The van der Waals surface area contributed by atoms with Crippen LogP contribution in [0.25, 0.3) is 0 Å². The highest BCUT2D eigenvalue weighted by molar-refractivity contribution is 7.89. The summed E-state index contributed by atoms with van der Waals surface area (Å²) >= 11 is 0. The lowest BCUT2D eigenvalue weighted by Gasteiger charge is -2.33. The molecular weight excluding hydrogens is 402 g/mol. The zero-order chi connectivity index (χ0) is 22.1. The number of hydrogen-bond acceptors (Lipinski definition) is 4. The van der Waals surface area contributed by atoms with Gasteiger partial charge in [0.05, 0.1) is 4.90 Å². The molecule has 1 fully saturated rings. The van der Waals surface area contributed by atoms with Crippen LogP contribution in [0.3, 0.4) is 0 Å². The van der Waals surface area contributed by atoms with Crippen molar-refractivity contribution in [2.75, 3.05) is 38.1 Å². The number of aryl methyl sites for hydroxylation is 2. The second-order valence-corrected chi connectivity index (χ2v) is 9.53. The summed E-state index contributed by atoms with van der Waals surface area (Å²) in [6, 6.07) is 11.9. The van der Waals surface area contributed by atoms with Crippen molar-refractivity contribution < 1.29 is 18.0 Å². The van der Waals surface area contributed by atoms with Gasteiger partial charge in [0.2, 0.25) is 15.9 Å². The van der Waals surface area contributed by atoms with E-state index < -0.39 is 10.0 Å². The Morgan fingerprint density at radius 2 is 1.53 bits per heavy atom. The molecule has 7 nitrogen and oxygen atoms in total. The molecule has 30 heavy (non-hydrogen) atoms. The van der Waals surface area contributed by atoms with Crippen LogP contribution >= 0.6 is 0 Å². The molecule has 0 unspecified atom stereocenters. The molecular formula is C22H27N3O4S. The van der Waals surface area contributed by atoms with Gasteiger partial charge in [-0.15, -0.1) is 0 Å². The van der Waals surface area contributed by atoms with Crippen LogP contribution in [0.2, 0.25) is 0 Å². The second-order valence-electron chi connectivity index (χ2n) is 7.59. The van der Waals surface area contributed by atoms with Gasteiger partial charge in [-0.25, -0.2) is 8.42 Å². The SMILES string of the molecule is CC(=O)N1CCN(S(=O)(=O)c2ccc(C(=O)N(C)c3ccc(C)cc3C)cc2)CC1. The fourth-order valence-electron chi connectivity index (χ4n) is 3.65. The Hall–Kier alpha value is -2.71. The van der Waals surface area contributed by atoms with Crippen molar-refractivity contribution in [3.63, 3.8) is 0 Å². The molecule has 2 aromatic rings. The molecule has 0 bridgehead atoms. The Morgan fingerprint density at radius 3 is 2.07 bits per heavy atom. The van der Waals surface area contributed by atoms with Crippen LogP contribution in [0, 0.1) is 13.8 Å². The maximum atomic E-state index is 12.9. The summed E-state index contributed by atoms with van der Waals surface area (Å²) < 4.78 is 27.2. The third-order valence-electron chi connectivity index (χ3n) is 5.44. The Morgan fingerprint density at radius 1 is 0.933 bits per heavy atom. The van der Waals surface area contributed by atoms with Crippen molar-refractivity contribution in [2.45, 2.75) is 25.7 Å². The molecule has 0 saturated carbocycles. The number of nitrogens with zero attached hydrogens (tertiary/aromatic N) is 3. The first kappa shape index (κ1) is 22.0. The average molecular weight is 430 g/mol. The molecule has 0 spiro atoms. The van der Waals surface area contributed by atoms with Crippen molar-refractivity contribution in [1.29, 1.82) is 0 Å². The van der Waals surface area contributed by atoms with Gasteiger partial charge in [0.25, 0.3) is 5.91 Å². The number of carbonyl (C=O) groups is 2. The topological polar surface area (TPSA) is 78.0 Å². The first-order valence-corrected chi connectivity index (χ1v) is 11.3. The average Bonchev–Trinajstić information content (AvgIpc) is 2.73. The van der Waals surface area contributed by atoms with E-state index in [1.54, 1.807) is 29.0 Å². The van der Waals surface area contributed by atoms with Gasteiger partial charge in [0, 0.05) is 51.4 Å². The molecule has 3 rings (SSSR count). The van der Waals surface area contributed by atoms with Crippen LogP contribution in [0.5, 0.6) is 0 Å². The quantitative estimate of drug-likeness (QED) is 0.748. The smallest absolute Gasteiger partial charge is 0.258 e. The van der Waals surface area contributed by atoms with E-state index in [-0.39, 0.29) is 29.8 Å². The Labute approximate surface area is 177 Å². The predicted octanol–water partition coefficient (Wildman–Crippen LogP) is 2.43. The third-order valence-corrected chi connectivity index (χ3v) is 7.35. The highest BCUT2D eigenvalue weighted by Crippen LogP contribution is 2.23. The van der Waals surface area contributed by atoms with E-state index in [2.05, 4.69) is 0 Å². The zero-order valence-electron chi connectivity index (χ0n) is 17.8. The maximum absolute atomic E-state index is 12.9. The van der Waals surface area contributed by atoms with E-state index in [0.29, 0.717) is 18.7 Å². The number of carbonyl (C=O) groups excluding carboxylic acids is 2. The molecule has 8 heteroatoms. The van der Waals surface area contributed by atoms with Gasteiger partial charge in [-0.1, -0.05) is 17.7 Å². The summed E-state index contributed by atoms with van der Waals surface area (Å²) in [6.45, 7) is 6.72. The van der Waals surface area contributed by atoms with Crippen molar-refractivity contribution in [1.82, 2.24) is 9.21 Å². The summed E-state index contributed by atoms with van der Waals surface area (Å²) in [4.78, 5) is 27.7. The van der Waals surface area contributed by atoms with Gasteiger partial charge in [0.15, 0.2) is 0 Å². The minimum absolute atomic E-state index is 0.0529. The van der Waals surface area contributed by atoms with Crippen molar-refractivity contribution in [2.24, 2.45) is 0 Å². The number of rotatable bonds is 4. The molecule has 2 aromatic carbocycles. The molecule has 1 saturated heterocycles. The van der Waals surface area contributed by atoms with Crippen LogP contribution in [0.15, 0.2) is 47.4 Å². The highest BCUT2D eigenvalue weighted by Gasteiger charge is 2.29. The molecule has 0 atom stereocenters. The Balaban J connectivity index is 1.75. The summed E-state index contributed by atoms with van der Waals surface area (Å²) in [7, 11) is -1.96. The van der Waals surface area contributed by atoms with Crippen molar-refractivity contribution in [3.05, 3.63) is 59.2 Å². The van der Waals surface area contributed by atoms with Gasteiger partial charge in [0.1, 0.15) is 0 Å². The van der Waals surface area contributed by atoms with Crippen LogP contribution in [-0.2, 0) is 14.8 Å². The number of sulfonamides is 1. The first-order valence-electron chi connectivity index (χ1n) is 9.82. The number of amides is 2. The molecule has 0 aliphatic carbocycles. The standard InChI is InChI=1S/C22H27N3O4S/c1-16-5-10-21(17(2)15-16)23(4)22(27)19-6-8-20(9-7-19)30(28,29)25-13-11-24(12-14-25)18(3)26/h5-10,15H,11-14H2,1-4H3. The molecule has 0 N–H and O–H groups in total. The summed E-state index contributed by atoms with van der Waals surface area (Å²) in [6.07, 6.45) is 0. The van der Waals surface area contributed by atoms with E-state index >= 15 is 0 Å². The van der Waals surface area contributed by atoms with Gasteiger partial charge in [-0.2, -0.15) is 4.31 Å². The van der Waals surface area contributed by atoms with E-state index in [4.69, 9.17) is 0 Å². The summed E-state index contributed by atoms with van der Waals surface area (Å²) in [5, 5.41) is 0. The fraction of sp³-hybridized carbons (Fsp3) is 0.364.